The third kappa shape index (κ3) is 3.33. The predicted molar refractivity (Wildman–Crippen MR) is 82.0 cm³/mol. The molecule has 1 saturated carbocycles. The van der Waals surface area contributed by atoms with Crippen molar-refractivity contribution in [1.29, 1.82) is 0 Å². The van der Waals surface area contributed by atoms with Gasteiger partial charge in [-0.25, -0.2) is 0 Å². The molecule has 0 spiro atoms. The maximum absolute atomic E-state index is 6.54. The minimum atomic E-state index is -0.205. The van der Waals surface area contributed by atoms with Crippen LogP contribution >= 0.6 is 0 Å². The van der Waals surface area contributed by atoms with Crippen LogP contribution in [0.5, 0.6) is 5.75 Å². The molecule has 1 unspecified atom stereocenters. The smallest absolute Gasteiger partial charge is 0.119 e. The van der Waals surface area contributed by atoms with E-state index in [9.17, 15) is 0 Å². The van der Waals surface area contributed by atoms with Crippen molar-refractivity contribution in [1.82, 2.24) is 0 Å². The number of hydrogen-bond donors (Lipinski definition) is 1. The average Bonchev–Trinajstić information content (AvgIpc) is 2.74. The van der Waals surface area contributed by atoms with Gasteiger partial charge in [-0.3, -0.25) is 0 Å². The third-order valence-corrected chi connectivity index (χ3v) is 4.47. The summed E-state index contributed by atoms with van der Waals surface area (Å²) in [4.78, 5) is 0. The summed E-state index contributed by atoms with van der Waals surface area (Å²) >= 11 is 0. The summed E-state index contributed by atoms with van der Waals surface area (Å²) in [6.07, 6.45) is 7.11. The highest BCUT2D eigenvalue weighted by molar-refractivity contribution is 5.30. The molecule has 1 fully saturated rings. The summed E-state index contributed by atoms with van der Waals surface area (Å²) in [5, 5.41) is 0. The van der Waals surface area contributed by atoms with Crippen LogP contribution in [-0.2, 0) is 4.74 Å². The van der Waals surface area contributed by atoms with Crippen molar-refractivity contribution in [3.8, 4) is 5.75 Å². The van der Waals surface area contributed by atoms with Crippen molar-refractivity contribution in [2.45, 2.75) is 57.1 Å². The first-order valence-electron chi connectivity index (χ1n) is 7.75. The SMILES string of the molecule is CCOc1ccc(C(N)C2(OC)CCCCCC2)cc1. The van der Waals surface area contributed by atoms with E-state index in [0.29, 0.717) is 6.61 Å². The molecule has 0 amide bonds. The lowest BCUT2D eigenvalue weighted by Crippen LogP contribution is -2.42. The Bertz CT molecular complexity index is 394. The van der Waals surface area contributed by atoms with Gasteiger partial charge in [0.25, 0.3) is 0 Å². The highest BCUT2D eigenvalue weighted by Crippen LogP contribution is 2.39. The number of benzene rings is 1. The molecule has 3 nitrogen and oxygen atoms in total. The van der Waals surface area contributed by atoms with Crippen LogP contribution in [0.3, 0.4) is 0 Å². The minimum absolute atomic E-state index is 0.0683. The van der Waals surface area contributed by atoms with Gasteiger partial charge in [0, 0.05) is 7.11 Å². The Morgan fingerprint density at radius 1 is 1.10 bits per heavy atom. The van der Waals surface area contributed by atoms with Crippen molar-refractivity contribution in [2.75, 3.05) is 13.7 Å². The van der Waals surface area contributed by atoms with Gasteiger partial charge in [-0.2, -0.15) is 0 Å². The number of hydrogen-bond acceptors (Lipinski definition) is 3. The highest BCUT2D eigenvalue weighted by atomic mass is 16.5. The molecule has 0 bridgehead atoms. The van der Waals surface area contributed by atoms with Gasteiger partial charge < -0.3 is 15.2 Å². The number of nitrogens with two attached hydrogens (primary N) is 1. The summed E-state index contributed by atoms with van der Waals surface area (Å²) in [6.45, 7) is 2.68. The van der Waals surface area contributed by atoms with Gasteiger partial charge in [-0.15, -0.1) is 0 Å². The highest BCUT2D eigenvalue weighted by Gasteiger charge is 2.37. The lowest BCUT2D eigenvalue weighted by molar-refractivity contribution is -0.0442. The van der Waals surface area contributed by atoms with E-state index in [-0.39, 0.29) is 11.6 Å². The molecule has 0 heterocycles. The van der Waals surface area contributed by atoms with E-state index in [0.717, 1.165) is 24.2 Å². The van der Waals surface area contributed by atoms with Gasteiger partial charge in [-0.05, 0) is 37.5 Å². The first kappa shape index (κ1) is 15.3. The van der Waals surface area contributed by atoms with E-state index in [4.69, 9.17) is 15.2 Å². The summed E-state index contributed by atoms with van der Waals surface area (Å²) in [5.74, 6) is 0.899. The van der Waals surface area contributed by atoms with Crippen LogP contribution in [0.1, 0.15) is 57.1 Å². The fourth-order valence-electron chi connectivity index (χ4n) is 3.21. The van der Waals surface area contributed by atoms with Crippen molar-refractivity contribution in [3.63, 3.8) is 0 Å². The van der Waals surface area contributed by atoms with Gasteiger partial charge >= 0.3 is 0 Å². The van der Waals surface area contributed by atoms with E-state index in [1.807, 2.05) is 19.1 Å². The number of rotatable bonds is 5. The Morgan fingerprint density at radius 3 is 2.20 bits per heavy atom. The monoisotopic (exact) mass is 277 g/mol. The fourth-order valence-corrected chi connectivity index (χ4v) is 3.21. The largest absolute Gasteiger partial charge is 0.494 e. The zero-order valence-electron chi connectivity index (χ0n) is 12.7. The summed E-state index contributed by atoms with van der Waals surface area (Å²) in [6, 6.07) is 8.07. The maximum Gasteiger partial charge on any atom is 0.119 e. The second-order valence-corrected chi connectivity index (χ2v) is 5.66. The quantitative estimate of drug-likeness (QED) is 0.832. The topological polar surface area (TPSA) is 44.5 Å². The van der Waals surface area contributed by atoms with Crippen LogP contribution in [0.2, 0.25) is 0 Å². The zero-order valence-corrected chi connectivity index (χ0v) is 12.7. The van der Waals surface area contributed by atoms with Crippen LogP contribution in [0.15, 0.2) is 24.3 Å². The van der Waals surface area contributed by atoms with Crippen LogP contribution in [0.4, 0.5) is 0 Å². The zero-order chi connectivity index (χ0) is 14.4. The Balaban J connectivity index is 2.16. The fraction of sp³-hybridized carbons (Fsp3) is 0.647. The molecule has 1 aromatic carbocycles. The molecule has 112 valence electrons. The Kier molecular flexibility index (Phi) is 5.44. The molecular formula is C17H27NO2. The van der Waals surface area contributed by atoms with Crippen LogP contribution in [0, 0.1) is 0 Å². The second kappa shape index (κ2) is 7.09. The second-order valence-electron chi connectivity index (χ2n) is 5.66. The van der Waals surface area contributed by atoms with E-state index in [1.165, 1.54) is 25.7 Å². The number of ether oxygens (including phenoxy) is 2. The van der Waals surface area contributed by atoms with E-state index < -0.39 is 0 Å². The van der Waals surface area contributed by atoms with Crippen molar-refractivity contribution >= 4 is 0 Å². The minimum Gasteiger partial charge on any atom is -0.494 e. The van der Waals surface area contributed by atoms with Crippen molar-refractivity contribution in [3.05, 3.63) is 29.8 Å². The molecule has 1 aliphatic carbocycles. The standard InChI is InChI=1S/C17H27NO2/c1-3-20-15-10-8-14(9-11-15)16(18)17(19-2)12-6-4-5-7-13-17/h8-11,16H,3-7,12-13,18H2,1-2H3. The Labute approximate surface area is 122 Å². The summed E-state index contributed by atoms with van der Waals surface area (Å²) in [5.41, 5.74) is 7.47. The van der Waals surface area contributed by atoms with E-state index >= 15 is 0 Å². The lowest BCUT2D eigenvalue weighted by Gasteiger charge is -2.37. The molecule has 0 aromatic heterocycles. The van der Waals surface area contributed by atoms with Gasteiger partial charge in [0.1, 0.15) is 5.75 Å². The molecule has 3 heteroatoms. The van der Waals surface area contributed by atoms with Crippen LogP contribution in [-0.4, -0.2) is 19.3 Å². The van der Waals surface area contributed by atoms with Crippen molar-refractivity contribution < 1.29 is 9.47 Å². The van der Waals surface area contributed by atoms with E-state index in [2.05, 4.69) is 12.1 Å². The third-order valence-electron chi connectivity index (χ3n) is 4.47. The predicted octanol–water partition coefficient (Wildman–Crippen LogP) is 3.82. The Morgan fingerprint density at radius 2 is 1.70 bits per heavy atom. The molecular weight excluding hydrogens is 250 g/mol. The molecule has 0 aliphatic heterocycles. The molecule has 0 saturated heterocycles. The lowest BCUT2D eigenvalue weighted by atomic mass is 9.83. The maximum atomic E-state index is 6.54. The molecule has 2 rings (SSSR count). The molecule has 0 radical (unpaired) electrons. The molecule has 1 aliphatic rings. The normalized spacial score (nSPS) is 20.1. The molecule has 2 N–H and O–H groups in total. The molecule has 1 atom stereocenters. The van der Waals surface area contributed by atoms with Crippen LogP contribution in [0.25, 0.3) is 0 Å². The van der Waals surface area contributed by atoms with Gasteiger partial charge in [-0.1, -0.05) is 37.8 Å². The van der Waals surface area contributed by atoms with Crippen LogP contribution < -0.4 is 10.5 Å². The summed E-state index contributed by atoms with van der Waals surface area (Å²) < 4.78 is 11.4. The molecule has 20 heavy (non-hydrogen) atoms. The van der Waals surface area contributed by atoms with E-state index in [1.54, 1.807) is 7.11 Å². The first-order chi connectivity index (χ1) is 9.72. The summed E-state index contributed by atoms with van der Waals surface area (Å²) in [7, 11) is 1.81. The van der Waals surface area contributed by atoms with Crippen molar-refractivity contribution in [2.24, 2.45) is 5.73 Å². The Hall–Kier alpha value is -1.06. The van der Waals surface area contributed by atoms with Gasteiger partial charge in [0.15, 0.2) is 0 Å². The van der Waals surface area contributed by atoms with Gasteiger partial charge in [0.2, 0.25) is 0 Å². The van der Waals surface area contributed by atoms with Gasteiger partial charge in [0.05, 0.1) is 18.2 Å². The number of methoxy groups -OCH3 is 1. The molecule has 1 aromatic rings. The average molecular weight is 277 g/mol. The first-order valence-corrected chi connectivity index (χ1v) is 7.75.